The van der Waals surface area contributed by atoms with Crippen LogP contribution in [0.5, 0.6) is 11.5 Å². The van der Waals surface area contributed by atoms with Crippen molar-refractivity contribution >= 4 is 29.4 Å². The number of amides is 3. The van der Waals surface area contributed by atoms with E-state index >= 15 is 0 Å². The molecule has 1 N–H and O–H groups in total. The number of aryl methyl sites for hydroxylation is 1. The van der Waals surface area contributed by atoms with Crippen LogP contribution in [0.2, 0.25) is 0 Å². The number of fused-ring (bicyclic) bond motifs is 2. The molecule has 0 radical (unpaired) electrons. The average Bonchev–Trinajstić information content (AvgIpc) is 3.44. The summed E-state index contributed by atoms with van der Waals surface area (Å²) in [6, 6.07) is 16.5. The van der Waals surface area contributed by atoms with Gasteiger partial charge in [0.1, 0.15) is 0 Å². The highest BCUT2D eigenvalue weighted by atomic mass is 16.7. The van der Waals surface area contributed by atoms with E-state index in [9.17, 15) is 19.2 Å². The van der Waals surface area contributed by atoms with Gasteiger partial charge in [-0.15, -0.1) is 0 Å². The number of rotatable bonds is 6. The Morgan fingerprint density at radius 2 is 1.72 bits per heavy atom. The van der Waals surface area contributed by atoms with E-state index in [-0.39, 0.29) is 30.0 Å². The largest absolute Gasteiger partial charge is 0.454 e. The van der Waals surface area contributed by atoms with Crippen molar-refractivity contribution in [2.45, 2.75) is 26.5 Å². The molecule has 3 aromatic carbocycles. The molecule has 0 aromatic heterocycles. The van der Waals surface area contributed by atoms with Crippen molar-refractivity contribution in [3.8, 4) is 11.5 Å². The van der Waals surface area contributed by atoms with Gasteiger partial charge in [0.05, 0.1) is 22.4 Å². The third-order valence-electron chi connectivity index (χ3n) is 6.04. The van der Waals surface area contributed by atoms with Crippen LogP contribution in [0.1, 0.15) is 49.1 Å². The van der Waals surface area contributed by atoms with Gasteiger partial charge in [-0.1, -0.05) is 24.3 Å². The first-order valence-electron chi connectivity index (χ1n) is 11.3. The fourth-order valence-corrected chi connectivity index (χ4v) is 4.07. The number of ether oxygens (including phenoxy) is 3. The normalized spacial score (nSPS) is 14.4. The van der Waals surface area contributed by atoms with Crippen LogP contribution in [0.25, 0.3) is 0 Å². The van der Waals surface area contributed by atoms with E-state index in [2.05, 4.69) is 5.32 Å². The summed E-state index contributed by atoms with van der Waals surface area (Å²) in [5.74, 6) is -0.998. The number of carbonyl (C=O) groups excluding carboxylic acids is 4. The lowest BCUT2D eigenvalue weighted by Gasteiger charge is -2.16. The molecule has 2 aliphatic rings. The second-order valence-corrected chi connectivity index (χ2v) is 8.45. The number of para-hydroxylation sites is 1. The molecule has 0 saturated carbocycles. The average molecular weight is 486 g/mol. The van der Waals surface area contributed by atoms with Crippen molar-refractivity contribution in [1.29, 1.82) is 0 Å². The molecule has 1 unspecified atom stereocenters. The Labute approximate surface area is 206 Å². The predicted molar refractivity (Wildman–Crippen MR) is 128 cm³/mol. The summed E-state index contributed by atoms with van der Waals surface area (Å²) in [4.78, 5) is 52.2. The molecule has 0 spiro atoms. The Balaban J connectivity index is 1.24. The molecule has 0 fully saturated rings. The van der Waals surface area contributed by atoms with E-state index in [1.54, 1.807) is 43.3 Å². The van der Waals surface area contributed by atoms with Gasteiger partial charge in [0.2, 0.25) is 6.79 Å². The molecule has 0 aliphatic carbocycles. The van der Waals surface area contributed by atoms with Crippen LogP contribution in [0.15, 0.2) is 60.7 Å². The number of esters is 1. The molecule has 9 heteroatoms. The maximum Gasteiger partial charge on any atom is 0.338 e. The number of benzene rings is 3. The van der Waals surface area contributed by atoms with E-state index in [1.807, 2.05) is 6.07 Å². The lowest BCUT2D eigenvalue weighted by molar-refractivity contribution is -0.129. The monoisotopic (exact) mass is 486 g/mol. The van der Waals surface area contributed by atoms with Gasteiger partial charge in [-0.2, -0.15) is 0 Å². The van der Waals surface area contributed by atoms with Crippen LogP contribution < -0.4 is 19.7 Å². The Kier molecular flexibility index (Phi) is 5.89. The molecule has 5 rings (SSSR count). The predicted octanol–water partition coefficient (Wildman–Crippen LogP) is 3.39. The minimum Gasteiger partial charge on any atom is -0.454 e. The van der Waals surface area contributed by atoms with Crippen molar-refractivity contribution in [3.63, 3.8) is 0 Å². The minimum atomic E-state index is -1.08. The molecule has 3 amide bonds. The van der Waals surface area contributed by atoms with E-state index in [4.69, 9.17) is 14.2 Å². The van der Waals surface area contributed by atoms with E-state index in [0.717, 1.165) is 16.0 Å². The highest BCUT2D eigenvalue weighted by molar-refractivity contribution is 6.34. The second kappa shape index (κ2) is 9.18. The SMILES string of the molecule is Cc1ccccc1N1C(=O)c2ccc(C(=O)OC(C)C(=O)NCc3ccc4c(c3)OCO4)cc2C1=O. The summed E-state index contributed by atoms with van der Waals surface area (Å²) >= 11 is 0. The Morgan fingerprint density at radius 3 is 2.53 bits per heavy atom. The summed E-state index contributed by atoms with van der Waals surface area (Å²) in [5.41, 5.74) is 2.43. The number of nitrogens with zero attached hydrogens (tertiary/aromatic N) is 1. The number of imide groups is 1. The van der Waals surface area contributed by atoms with Crippen molar-refractivity contribution in [2.75, 3.05) is 11.7 Å². The highest BCUT2D eigenvalue weighted by Crippen LogP contribution is 2.33. The number of nitrogens with one attached hydrogen (secondary N) is 1. The van der Waals surface area contributed by atoms with Crippen LogP contribution >= 0.6 is 0 Å². The van der Waals surface area contributed by atoms with Gasteiger partial charge in [0.15, 0.2) is 17.6 Å². The van der Waals surface area contributed by atoms with Crippen molar-refractivity contribution in [3.05, 3.63) is 88.5 Å². The summed E-state index contributed by atoms with van der Waals surface area (Å²) in [5, 5.41) is 2.71. The molecule has 0 bridgehead atoms. The van der Waals surface area contributed by atoms with Crippen molar-refractivity contribution in [1.82, 2.24) is 5.32 Å². The van der Waals surface area contributed by atoms with Gasteiger partial charge < -0.3 is 19.5 Å². The van der Waals surface area contributed by atoms with Crippen LogP contribution in [0.4, 0.5) is 5.69 Å². The third kappa shape index (κ3) is 4.15. The molecule has 36 heavy (non-hydrogen) atoms. The maximum atomic E-state index is 13.0. The topological polar surface area (TPSA) is 111 Å². The smallest absolute Gasteiger partial charge is 0.338 e. The fourth-order valence-electron chi connectivity index (χ4n) is 4.07. The first kappa shape index (κ1) is 23.1. The Bertz CT molecular complexity index is 1410. The lowest BCUT2D eigenvalue weighted by atomic mass is 10.1. The van der Waals surface area contributed by atoms with Crippen molar-refractivity contribution < 1.29 is 33.4 Å². The number of anilines is 1. The van der Waals surface area contributed by atoms with Crippen LogP contribution in [0, 0.1) is 6.92 Å². The van der Waals surface area contributed by atoms with Crippen LogP contribution in [-0.4, -0.2) is 36.6 Å². The number of hydrogen-bond donors (Lipinski definition) is 1. The van der Waals surface area contributed by atoms with Gasteiger partial charge in [-0.3, -0.25) is 14.4 Å². The molecular weight excluding hydrogens is 464 g/mol. The summed E-state index contributed by atoms with van der Waals surface area (Å²) in [6.07, 6.45) is -1.08. The zero-order valence-corrected chi connectivity index (χ0v) is 19.6. The highest BCUT2D eigenvalue weighted by Gasteiger charge is 2.38. The quantitative estimate of drug-likeness (QED) is 0.420. The van der Waals surface area contributed by atoms with Crippen molar-refractivity contribution in [2.24, 2.45) is 0 Å². The molecular formula is C27H22N2O7. The van der Waals surface area contributed by atoms with Gasteiger partial charge in [0, 0.05) is 6.54 Å². The first-order valence-corrected chi connectivity index (χ1v) is 11.3. The molecule has 2 heterocycles. The third-order valence-corrected chi connectivity index (χ3v) is 6.04. The van der Waals surface area contributed by atoms with Gasteiger partial charge in [0.25, 0.3) is 17.7 Å². The van der Waals surface area contributed by atoms with E-state index in [1.165, 1.54) is 25.1 Å². The first-order chi connectivity index (χ1) is 17.3. The van der Waals surface area contributed by atoms with Crippen LogP contribution in [-0.2, 0) is 16.1 Å². The van der Waals surface area contributed by atoms with E-state index < -0.39 is 29.8 Å². The Hall–Kier alpha value is -4.66. The molecule has 3 aromatic rings. The molecule has 182 valence electrons. The second-order valence-electron chi connectivity index (χ2n) is 8.45. The standard InChI is InChI=1S/C27H22N2O7/c1-15-5-3-4-6-21(15)29-25(31)19-9-8-18(12-20(19)26(29)32)27(33)36-16(2)24(30)28-13-17-7-10-22-23(11-17)35-14-34-22/h3-12,16H,13-14H2,1-2H3,(H,28,30). The lowest BCUT2D eigenvalue weighted by Crippen LogP contribution is -2.35. The molecule has 1 atom stereocenters. The van der Waals surface area contributed by atoms with Gasteiger partial charge in [-0.05, 0) is 61.4 Å². The molecule has 2 aliphatic heterocycles. The maximum absolute atomic E-state index is 13.0. The van der Waals surface area contributed by atoms with Gasteiger partial charge >= 0.3 is 5.97 Å². The number of carbonyl (C=O) groups is 4. The fraction of sp³-hybridized carbons (Fsp3) is 0.185. The minimum absolute atomic E-state index is 0.0666. The summed E-state index contributed by atoms with van der Waals surface area (Å²) in [6.45, 7) is 3.63. The molecule has 0 saturated heterocycles. The van der Waals surface area contributed by atoms with Crippen LogP contribution in [0.3, 0.4) is 0 Å². The Morgan fingerprint density at radius 1 is 0.972 bits per heavy atom. The summed E-state index contributed by atoms with van der Waals surface area (Å²) in [7, 11) is 0. The summed E-state index contributed by atoms with van der Waals surface area (Å²) < 4.78 is 15.9. The molecule has 9 nitrogen and oxygen atoms in total. The van der Waals surface area contributed by atoms with E-state index in [0.29, 0.717) is 17.2 Å². The number of hydrogen-bond acceptors (Lipinski definition) is 7. The zero-order chi connectivity index (χ0) is 25.4. The van der Waals surface area contributed by atoms with Gasteiger partial charge in [-0.25, -0.2) is 9.69 Å². The zero-order valence-electron chi connectivity index (χ0n) is 19.6.